The number of nitro benzene ring substituents is 1. The lowest BCUT2D eigenvalue weighted by Crippen LogP contribution is -2.42. The van der Waals surface area contributed by atoms with Crippen molar-refractivity contribution in [2.45, 2.75) is 77.4 Å². The third-order valence-electron chi connectivity index (χ3n) is 5.14. The van der Waals surface area contributed by atoms with Gasteiger partial charge in [0.05, 0.1) is 17.6 Å². The van der Waals surface area contributed by atoms with Crippen molar-refractivity contribution in [3.8, 4) is 0 Å². The average Bonchev–Trinajstić information content (AvgIpc) is 3.11. The monoisotopic (exact) mass is 495 g/mol. The van der Waals surface area contributed by atoms with Crippen LogP contribution >= 0.6 is 0 Å². The Bertz CT molecular complexity index is 898. The van der Waals surface area contributed by atoms with Gasteiger partial charge in [-0.05, 0) is 44.9 Å². The van der Waals surface area contributed by atoms with Crippen molar-refractivity contribution in [3.63, 3.8) is 0 Å². The summed E-state index contributed by atoms with van der Waals surface area (Å²) in [4.78, 5) is 47.7. The number of esters is 1. The predicted octanol–water partition coefficient (Wildman–Crippen LogP) is 2.90. The van der Waals surface area contributed by atoms with E-state index in [1.807, 2.05) is 0 Å². The summed E-state index contributed by atoms with van der Waals surface area (Å²) < 4.78 is 15.9. The minimum Gasteiger partial charge on any atom is -0.462 e. The summed E-state index contributed by atoms with van der Waals surface area (Å²) in [6, 6.07) is 5.24. The van der Waals surface area contributed by atoms with Crippen LogP contribution in [0.1, 0.15) is 52.5 Å². The van der Waals surface area contributed by atoms with Gasteiger partial charge in [-0.15, -0.1) is 0 Å². The molecule has 2 N–H and O–H groups in total. The number of benzene rings is 1. The summed E-state index contributed by atoms with van der Waals surface area (Å²) in [6.45, 7) is 6.72. The number of carbonyl (C=O) groups is 3. The van der Waals surface area contributed by atoms with Gasteiger partial charge in [-0.3, -0.25) is 14.9 Å². The molecule has 1 aromatic carbocycles. The first kappa shape index (κ1) is 27.8. The molecule has 35 heavy (non-hydrogen) atoms. The van der Waals surface area contributed by atoms with E-state index >= 15 is 0 Å². The number of non-ortho nitro benzene ring substituents is 1. The number of alkyl carbamates (subject to hydrolysis) is 1. The van der Waals surface area contributed by atoms with E-state index < -0.39 is 46.9 Å². The molecule has 3 atom stereocenters. The molecule has 0 radical (unpaired) electrons. The number of ether oxygens (including phenoxy) is 3. The van der Waals surface area contributed by atoms with Gasteiger partial charge in [0.2, 0.25) is 0 Å². The summed E-state index contributed by atoms with van der Waals surface area (Å²) in [7, 11) is 0. The number of aliphatic hydroxyl groups excluding tert-OH is 1. The number of aliphatic hydroxyl groups is 1. The molecule has 1 heterocycles. The van der Waals surface area contributed by atoms with Crippen molar-refractivity contribution in [2.75, 3.05) is 13.1 Å². The highest BCUT2D eigenvalue weighted by atomic mass is 16.6. The standard InChI is InChI=1S/C23H33N3O9/c1-15(27)34-20(12-18-11-19(28)13-25(18)22(30)35-23(2,3)4)9-10-24-21(29)33-14-16-5-7-17(8-6-16)26(31)32/h5-8,18-20,28H,9-14H2,1-4H3,(H,24,29)/t18-,19+,20-/m0/s1. The molecular formula is C23H33N3O9. The van der Waals surface area contributed by atoms with Crippen molar-refractivity contribution in [2.24, 2.45) is 0 Å². The molecule has 1 aromatic rings. The highest BCUT2D eigenvalue weighted by Gasteiger charge is 2.38. The van der Waals surface area contributed by atoms with E-state index in [1.165, 1.54) is 36.1 Å². The Hall–Kier alpha value is -3.41. The average molecular weight is 496 g/mol. The van der Waals surface area contributed by atoms with Gasteiger partial charge in [-0.2, -0.15) is 0 Å². The van der Waals surface area contributed by atoms with Gasteiger partial charge in [0.25, 0.3) is 5.69 Å². The van der Waals surface area contributed by atoms with E-state index in [4.69, 9.17) is 14.2 Å². The lowest BCUT2D eigenvalue weighted by Gasteiger charge is -2.30. The van der Waals surface area contributed by atoms with Crippen LogP contribution in [0.4, 0.5) is 15.3 Å². The number of nitrogens with zero attached hydrogens (tertiary/aromatic N) is 2. The van der Waals surface area contributed by atoms with Crippen LogP contribution in [0.15, 0.2) is 24.3 Å². The minimum absolute atomic E-state index is 0.0604. The van der Waals surface area contributed by atoms with E-state index in [0.717, 1.165) is 0 Å². The smallest absolute Gasteiger partial charge is 0.410 e. The number of β-amino-alcohol motifs (C(OH)–C–C–N with tert-alkyl or cyclic N) is 1. The fraction of sp³-hybridized carbons (Fsp3) is 0.609. The Morgan fingerprint density at radius 2 is 1.91 bits per heavy atom. The van der Waals surface area contributed by atoms with Crippen LogP contribution in [0.3, 0.4) is 0 Å². The molecule has 194 valence electrons. The van der Waals surface area contributed by atoms with Gasteiger partial charge in [0.1, 0.15) is 18.3 Å². The molecular weight excluding hydrogens is 462 g/mol. The normalized spacial score (nSPS) is 18.5. The lowest BCUT2D eigenvalue weighted by molar-refractivity contribution is -0.384. The highest BCUT2D eigenvalue weighted by Crippen LogP contribution is 2.26. The van der Waals surface area contributed by atoms with Gasteiger partial charge in [-0.1, -0.05) is 0 Å². The zero-order valence-corrected chi connectivity index (χ0v) is 20.4. The molecule has 0 saturated carbocycles. The SMILES string of the molecule is CC(=O)O[C@@H](CCNC(=O)OCc1ccc([N+](=O)[O-])cc1)C[C@@H]1C[C@@H](O)CN1C(=O)OC(C)(C)C. The molecule has 1 aliphatic rings. The Morgan fingerprint density at radius 3 is 2.49 bits per heavy atom. The number of carbonyl (C=O) groups excluding carboxylic acids is 3. The van der Waals surface area contributed by atoms with E-state index in [-0.39, 0.29) is 38.2 Å². The fourth-order valence-electron chi connectivity index (χ4n) is 3.67. The Labute approximate surface area is 203 Å². The number of rotatable bonds is 9. The quantitative estimate of drug-likeness (QED) is 0.227. The molecule has 1 saturated heterocycles. The number of nitro groups is 1. The maximum absolute atomic E-state index is 12.5. The number of hydrogen-bond donors (Lipinski definition) is 2. The van der Waals surface area contributed by atoms with Crippen LogP contribution in [-0.4, -0.2) is 70.0 Å². The maximum Gasteiger partial charge on any atom is 0.410 e. The van der Waals surface area contributed by atoms with Crippen LogP contribution in [0.5, 0.6) is 0 Å². The first-order chi connectivity index (χ1) is 16.3. The number of nitrogens with one attached hydrogen (secondary N) is 1. The molecule has 0 bridgehead atoms. The van der Waals surface area contributed by atoms with E-state index in [9.17, 15) is 29.6 Å². The van der Waals surface area contributed by atoms with E-state index in [2.05, 4.69) is 5.32 Å². The first-order valence-electron chi connectivity index (χ1n) is 11.3. The largest absolute Gasteiger partial charge is 0.462 e. The Kier molecular flexibility index (Phi) is 9.81. The van der Waals surface area contributed by atoms with Gasteiger partial charge < -0.3 is 29.5 Å². The second-order valence-corrected chi connectivity index (χ2v) is 9.36. The maximum atomic E-state index is 12.5. The second kappa shape index (κ2) is 12.3. The number of amides is 2. The highest BCUT2D eigenvalue weighted by molar-refractivity contribution is 5.69. The molecule has 2 amide bonds. The Balaban J connectivity index is 1.85. The molecule has 0 aliphatic carbocycles. The molecule has 0 unspecified atom stereocenters. The van der Waals surface area contributed by atoms with Gasteiger partial charge >= 0.3 is 18.2 Å². The summed E-state index contributed by atoms with van der Waals surface area (Å²) in [5.41, 5.74) is -0.163. The minimum atomic E-state index is -0.710. The van der Waals surface area contributed by atoms with Crippen LogP contribution in [0.2, 0.25) is 0 Å². The zero-order valence-electron chi connectivity index (χ0n) is 20.4. The molecule has 12 heteroatoms. The summed E-state index contributed by atoms with van der Waals surface area (Å²) in [5, 5.41) is 23.4. The zero-order chi connectivity index (χ0) is 26.2. The van der Waals surface area contributed by atoms with Gasteiger partial charge in [-0.25, -0.2) is 9.59 Å². The fourth-order valence-corrected chi connectivity index (χ4v) is 3.67. The number of hydrogen-bond acceptors (Lipinski definition) is 9. The summed E-state index contributed by atoms with van der Waals surface area (Å²) in [6.07, 6.45) is -1.70. The molecule has 1 fully saturated rings. The van der Waals surface area contributed by atoms with E-state index in [0.29, 0.717) is 12.0 Å². The van der Waals surface area contributed by atoms with Gasteiger partial charge in [0.15, 0.2) is 0 Å². The van der Waals surface area contributed by atoms with Crippen molar-refractivity contribution < 1.29 is 38.6 Å². The van der Waals surface area contributed by atoms with Crippen molar-refractivity contribution in [1.82, 2.24) is 10.2 Å². The molecule has 12 nitrogen and oxygen atoms in total. The van der Waals surface area contributed by atoms with Crippen molar-refractivity contribution in [3.05, 3.63) is 39.9 Å². The van der Waals surface area contributed by atoms with Crippen LogP contribution < -0.4 is 5.32 Å². The second-order valence-electron chi connectivity index (χ2n) is 9.36. The van der Waals surface area contributed by atoms with Crippen molar-refractivity contribution in [1.29, 1.82) is 0 Å². The van der Waals surface area contributed by atoms with Crippen molar-refractivity contribution >= 4 is 23.8 Å². The van der Waals surface area contributed by atoms with Crippen LogP contribution in [-0.2, 0) is 25.6 Å². The molecule has 0 spiro atoms. The van der Waals surface area contributed by atoms with Crippen LogP contribution in [0, 0.1) is 10.1 Å². The van der Waals surface area contributed by atoms with Gasteiger partial charge in [0, 0.05) is 44.5 Å². The topological polar surface area (TPSA) is 158 Å². The van der Waals surface area contributed by atoms with E-state index in [1.54, 1.807) is 20.8 Å². The van der Waals surface area contributed by atoms with Crippen LogP contribution in [0.25, 0.3) is 0 Å². The predicted molar refractivity (Wildman–Crippen MR) is 123 cm³/mol. The third-order valence-corrected chi connectivity index (χ3v) is 5.14. The summed E-state index contributed by atoms with van der Waals surface area (Å²) >= 11 is 0. The molecule has 0 aromatic heterocycles. The lowest BCUT2D eigenvalue weighted by atomic mass is 10.0. The Morgan fingerprint density at radius 1 is 1.26 bits per heavy atom. The number of likely N-dealkylation sites (tertiary alicyclic amines) is 1. The molecule has 2 rings (SSSR count). The third kappa shape index (κ3) is 9.77. The first-order valence-corrected chi connectivity index (χ1v) is 11.3. The summed E-state index contributed by atoms with van der Waals surface area (Å²) in [5.74, 6) is -0.502. The molecule has 1 aliphatic heterocycles.